The number of carbonyl (C=O) groups is 1. The first-order valence-electron chi connectivity index (χ1n) is 10.9. The third kappa shape index (κ3) is 5.30. The van der Waals surface area contributed by atoms with Gasteiger partial charge in [-0.3, -0.25) is 9.36 Å². The Hall–Kier alpha value is -3.49. The summed E-state index contributed by atoms with van der Waals surface area (Å²) >= 11 is 0. The van der Waals surface area contributed by atoms with E-state index in [1.165, 1.54) is 28.8 Å². The second-order valence-corrected chi connectivity index (χ2v) is 7.96. The van der Waals surface area contributed by atoms with Crippen LogP contribution < -0.4 is 15.7 Å². The molecule has 0 aliphatic heterocycles. The summed E-state index contributed by atoms with van der Waals surface area (Å²) in [6, 6.07) is 7.96. The molecule has 0 saturated carbocycles. The fraction of sp³-hybridized carbons (Fsp3) is 0.375. The second kappa shape index (κ2) is 10.4. The lowest BCUT2D eigenvalue weighted by atomic mass is 10.1. The van der Waals surface area contributed by atoms with Gasteiger partial charge in [0.25, 0.3) is 5.91 Å². The third-order valence-corrected chi connectivity index (χ3v) is 5.34. The van der Waals surface area contributed by atoms with Crippen LogP contribution in [0.25, 0.3) is 5.69 Å². The summed E-state index contributed by atoms with van der Waals surface area (Å²) in [6.45, 7) is 6.18. The Morgan fingerprint density at radius 2 is 1.91 bits per heavy atom. The number of hydrogen-bond acceptors (Lipinski definition) is 4. The molecule has 0 saturated heterocycles. The smallest absolute Gasteiger partial charge is 0.350 e. The molecule has 0 spiro atoms. The Labute approximate surface area is 191 Å². The lowest BCUT2D eigenvalue weighted by Crippen LogP contribution is -2.23. The molecule has 1 aromatic heterocycles. The van der Waals surface area contributed by atoms with Crippen LogP contribution in [-0.2, 0) is 13.5 Å². The molecular formula is C24H28F2N4O3. The predicted molar refractivity (Wildman–Crippen MR) is 122 cm³/mol. The van der Waals surface area contributed by atoms with Crippen molar-refractivity contribution in [2.75, 3.05) is 11.9 Å². The quantitative estimate of drug-likeness (QED) is 0.513. The van der Waals surface area contributed by atoms with E-state index in [2.05, 4.69) is 17.3 Å². The molecule has 1 atom stereocenters. The number of aromatic nitrogens is 3. The molecule has 0 bridgehead atoms. The number of hydrogen-bond donors (Lipinski definition) is 1. The van der Waals surface area contributed by atoms with Gasteiger partial charge in [-0.25, -0.2) is 13.6 Å². The van der Waals surface area contributed by atoms with E-state index in [9.17, 15) is 14.0 Å². The fourth-order valence-corrected chi connectivity index (χ4v) is 3.50. The van der Waals surface area contributed by atoms with E-state index in [1.54, 1.807) is 13.1 Å². The van der Waals surface area contributed by atoms with Crippen molar-refractivity contribution >= 4 is 11.6 Å². The minimum atomic E-state index is -0.828. The van der Waals surface area contributed by atoms with Crippen LogP contribution in [0.15, 0.2) is 41.2 Å². The van der Waals surface area contributed by atoms with Crippen molar-refractivity contribution in [2.24, 2.45) is 13.0 Å². The predicted octanol–water partition coefficient (Wildman–Crippen LogP) is 4.48. The van der Waals surface area contributed by atoms with Crippen LogP contribution in [0, 0.1) is 17.6 Å². The second-order valence-electron chi connectivity index (χ2n) is 7.96. The van der Waals surface area contributed by atoms with Crippen molar-refractivity contribution in [1.82, 2.24) is 14.3 Å². The Morgan fingerprint density at radius 1 is 1.18 bits per heavy atom. The Morgan fingerprint density at radius 3 is 2.55 bits per heavy atom. The van der Waals surface area contributed by atoms with E-state index in [0.29, 0.717) is 12.2 Å². The molecule has 0 fully saturated rings. The molecule has 7 nitrogen and oxygen atoms in total. The third-order valence-electron chi connectivity index (χ3n) is 5.34. The largest absolute Gasteiger partial charge is 0.492 e. The van der Waals surface area contributed by atoms with Crippen LogP contribution in [0.4, 0.5) is 14.5 Å². The summed E-state index contributed by atoms with van der Waals surface area (Å²) in [4.78, 5) is 25.5. The molecule has 1 N–H and O–H groups in total. The Kier molecular flexibility index (Phi) is 7.63. The Balaban J connectivity index is 2.05. The van der Waals surface area contributed by atoms with Crippen LogP contribution in [0.2, 0.25) is 0 Å². The molecular weight excluding hydrogens is 430 g/mol. The van der Waals surface area contributed by atoms with Crippen molar-refractivity contribution in [3.8, 4) is 11.4 Å². The van der Waals surface area contributed by atoms with Gasteiger partial charge in [0.05, 0.1) is 17.9 Å². The molecule has 176 valence electrons. The summed E-state index contributed by atoms with van der Waals surface area (Å²) in [5.41, 5.74) is -0.788. The van der Waals surface area contributed by atoms with Gasteiger partial charge < -0.3 is 10.1 Å². The zero-order chi connectivity index (χ0) is 24.1. The van der Waals surface area contributed by atoms with Crippen LogP contribution >= 0.6 is 0 Å². The monoisotopic (exact) mass is 458 g/mol. The van der Waals surface area contributed by atoms with E-state index in [0.717, 1.165) is 23.6 Å². The maximum absolute atomic E-state index is 15.1. The van der Waals surface area contributed by atoms with E-state index in [4.69, 9.17) is 4.74 Å². The van der Waals surface area contributed by atoms with Gasteiger partial charge in [-0.05, 0) is 30.5 Å². The topological polar surface area (TPSA) is 78.2 Å². The number of para-hydroxylation sites is 1. The number of benzene rings is 2. The number of amides is 1. The number of halogens is 2. The number of ether oxygens (including phenoxy) is 1. The number of anilines is 1. The molecule has 9 heteroatoms. The molecule has 33 heavy (non-hydrogen) atoms. The van der Waals surface area contributed by atoms with Gasteiger partial charge in [-0.15, -0.1) is 5.10 Å². The highest BCUT2D eigenvalue weighted by Crippen LogP contribution is 2.27. The van der Waals surface area contributed by atoms with Gasteiger partial charge in [0, 0.05) is 19.5 Å². The molecule has 2 aromatic carbocycles. The van der Waals surface area contributed by atoms with E-state index in [-0.39, 0.29) is 35.2 Å². The Bertz CT molecular complexity index is 1200. The standard InChI is InChI=1S/C24H28F2N4O3/c1-5-9-15(3)14-33-21-13-20(30-24(32)29(4)22(6-2)28-30)18(26)12-16(21)23(31)27-19-11-8-7-10-17(19)25/h7-8,10-13,15H,5-6,9,14H2,1-4H3,(H,27,31)/t15-/m0/s1. The molecule has 0 aliphatic carbocycles. The van der Waals surface area contributed by atoms with Gasteiger partial charge in [0.1, 0.15) is 28.9 Å². The van der Waals surface area contributed by atoms with Crippen LogP contribution in [0.1, 0.15) is 49.8 Å². The highest BCUT2D eigenvalue weighted by molar-refractivity contribution is 6.06. The average Bonchev–Trinajstić information content (AvgIpc) is 3.08. The molecule has 3 rings (SSSR count). The number of rotatable bonds is 9. The summed E-state index contributed by atoms with van der Waals surface area (Å²) in [5.74, 6) is -1.42. The number of carbonyl (C=O) groups excluding carboxylic acids is 1. The van der Waals surface area contributed by atoms with Gasteiger partial charge in [0.2, 0.25) is 0 Å². The molecule has 1 heterocycles. The van der Waals surface area contributed by atoms with Crippen molar-refractivity contribution < 1.29 is 18.3 Å². The minimum absolute atomic E-state index is 0.0363. The van der Waals surface area contributed by atoms with Crippen molar-refractivity contribution in [1.29, 1.82) is 0 Å². The first-order valence-corrected chi connectivity index (χ1v) is 10.9. The first kappa shape index (κ1) is 24.2. The molecule has 0 aliphatic rings. The normalized spacial score (nSPS) is 11.9. The first-order chi connectivity index (χ1) is 15.8. The van der Waals surface area contributed by atoms with E-state index < -0.39 is 23.2 Å². The molecule has 0 unspecified atom stereocenters. The molecule has 1 amide bonds. The highest BCUT2D eigenvalue weighted by Gasteiger charge is 2.22. The zero-order valence-corrected chi connectivity index (χ0v) is 19.2. The summed E-state index contributed by atoms with van der Waals surface area (Å²) in [7, 11) is 1.56. The summed E-state index contributed by atoms with van der Waals surface area (Å²) < 4.78 is 37.3. The SMILES string of the molecule is CCC[C@H](C)COc1cc(-n2nc(CC)n(C)c2=O)c(F)cc1C(=O)Nc1ccccc1F. The van der Waals surface area contributed by atoms with Crippen LogP contribution in [0.5, 0.6) is 5.75 Å². The summed E-state index contributed by atoms with van der Waals surface area (Å²) in [6.07, 6.45) is 2.36. The summed E-state index contributed by atoms with van der Waals surface area (Å²) in [5, 5.41) is 6.65. The van der Waals surface area contributed by atoms with E-state index >= 15 is 4.39 Å². The minimum Gasteiger partial charge on any atom is -0.492 e. The number of nitrogens with one attached hydrogen (secondary N) is 1. The fourth-order valence-electron chi connectivity index (χ4n) is 3.50. The van der Waals surface area contributed by atoms with Gasteiger partial charge in [-0.1, -0.05) is 39.3 Å². The van der Waals surface area contributed by atoms with Crippen LogP contribution in [-0.4, -0.2) is 26.9 Å². The van der Waals surface area contributed by atoms with Crippen molar-refractivity contribution in [2.45, 2.75) is 40.0 Å². The maximum atomic E-state index is 15.1. The highest BCUT2D eigenvalue weighted by atomic mass is 19.1. The number of aryl methyl sites for hydroxylation is 1. The number of nitrogens with zero attached hydrogens (tertiary/aromatic N) is 3. The molecule has 0 radical (unpaired) electrons. The van der Waals surface area contributed by atoms with Crippen LogP contribution in [0.3, 0.4) is 0 Å². The van der Waals surface area contributed by atoms with Crippen molar-refractivity contribution in [3.63, 3.8) is 0 Å². The zero-order valence-electron chi connectivity index (χ0n) is 19.2. The van der Waals surface area contributed by atoms with Gasteiger partial charge >= 0.3 is 5.69 Å². The lowest BCUT2D eigenvalue weighted by Gasteiger charge is -2.17. The van der Waals surface area contributed by atoms with Gasteiger partial charge in [-0.2, -0.15) is 4.68 Å². The van der Waals surface area contributed by atoms with E-state index in [1.807, 2.05) is 13.8 Å². The lowest BCUT2D eigenvalue weighted by molar-refractivity contribution is 0.102. The molecule has 3 aromatic rings. The maximum Gasteiger partial charge on any atom is 0.350 e. The van der Waals surface area contributed by atoms with Crippen molar-refractivity contribution in [3.05, 3.63) is 69.9 Å². The van der Waals surface area contributed by atoms with Gasteiger partial charge in [0.15, 0.2) is 0 Å². The average molecular weight is 459 g/mol.